The van der Waals surface area contributed by atoms with Gasteiger partial charge in [-0.2, -0.15) is 0 Å². The van der Waals surface area contributed by atoms with Gasteiger partial charge in [-0.1, -0.05) is 11.6 Å². The smallest absolute Gasteiger partial charge is 0.303 e. The Morgan fingerprint density at radius 3 is 2.73 bits per heavy atom. The second kappa shape index (κ2) is 8.70. The quantitative estimate of drug-likeness (QED) is 0.725. The van der Waals surface area contributed by atoms with Gasteiger partial charge in [0.1, 0.15) is 23.0 Å². The first-order valence-corrected chi connectivity index (χ1v) is 9.74. The first-order chi connectivity index (χ1) is 12.5. The lowest BCUT2D eigenvalue weighted by Crippen LogP contribution is -2.34. The van der Waals surface area contributed by atoms with Crippen LogP contribution in [0.4, 0.5) is 0 Å². The van der Waals surface area contributed by atoms with Crippen LogP contribution < -0.4 is 0 Å². The minimum atomic E-state index is -0.328. The van der Waals surface area contributed by atoms with Crippen LogP contribution in [-0.4, -0.2) is 47.9 Å². The van der Waals surface area contributed by atoms with Crippen molar-refractivity contribution in [2.24, 2.45) is 0 Å². The lowest BCUT2D eigenvalue weighted by Gasteiger charge is -2.21. The molecule has 1 fully saturated rings. The molecular formula is C18H21ClN2O4S. The summed E-state index contributed by atoms with van der Waals surface area (Å²) in [6, 6.07) is 5.48. The monoisotopic (exact) mass is 396 g/mol. The molecule has 0 aromatic carbocycles. The Labute approximate surface area is 161 Å². The summed E-state index contributed by atoms with van der Waals surface area (Å²) in [4.78, 5) is 28.2. The Hall–Kier alpha value is -1.83. The number of carbonyl (C=O) groups excluding carboxylic acids is 2. The summed E-state index contributed by atoms with van der Waals surface area (Å²) in [6.07, 6.45) is 0.899. The van der Waals surface area contributed by atoms with Crippen LogP contribution in [0.1, 0.15) is 34.5 Å². The van der Waals surface area contributed by atoms with E-state index in [1.807, 2.05) is 22.4 Å². The third-order valence-corrected chi connectivity index (χ3v) is 5.53. The molecule has 3 heterocycles. The Bertz CT molecular complexity index is 773. The third-order valence-electron chi connectivity index (χ3n) is 4.20. The minimum absolute atomic E-state index is 0.00789. The highest BCUT2D eigenvalue weighted by Crippen LogP contribution is 2.24. The van der Waals surface area contributed by atoms with Gasteiger partial charge in [0.15, 0.2) is 0 Å². The normalized spacial score (nSPS) is 15.7. The molecule has 0 radical (unpaired) electrons. The number of esters is 1. The SMILES string of the molecule is CC(=O)OCc1ccc(CN2CCCN(C(=O)c3sccc3Cl)CC2)o1. The maximum Gasteiger partial charge on any atom is 0.303 e. The Morgan fingerprint density at radius 2 is 2.00 bits per heavy atom. The molecule has 140 valence electrons. The number of halogens is 1. The first kappa shape index (κ1) is 18.9. The molecule has 8 heteroatoms. The number of hydrogen-bond acceptors (Lipinski definition) is 6. The van der Waals surface area contributed by atoms with E-state index in [2.05, 4.69) is 4.90 Å². The van der Waals surface area contributed by atoms with E-state index in [1.165, 1.54) is 18.3 Å². The molecule has 0 aliphatic carbocycles. The van der Waals surface area contributed by atoms with Gasteiger partial charge in [-0.3, -0.25) is 14.5 Å². The average molecular weight is 397 g/mol. The van der Waals surface area contributed by atoms with Crippen molar-refractivity contribution in [3.8, 4) is 0 Å². The van der Waals surface area contributed by atoms with Crippen LogP contribution in [0.15, 0.2) is 28.0 Å². The molecule has 0 unspecified atom stereocenters. The molecule has 2 aromatic rings. The molecule has 1 amide bonds. The number of nitrogens with zero attached hydrogens (tertiary/aromatic N) is 2. The number of hydrogen-bond donors (Lipinski definition) is 0. The van der Waals surface area contributed by atoms with Gasteiger partial charge in [0.05, 0.1) is 11.6 Å². The Morgan fingerprint density at radius 1 is 1.19 bits per heavy atom. The van der Waals surface area contributed by atoms with Crippen LogP contribution in [0.25, 0.3) is 0 Å². The predicted octanol–water partition coefficient (Wildman–Crippen LogP) is 3.41. The molecule has 0 spiro atoms. The van der Waals surface area contributed by atoms with Gasteiger partial charge in [0.25, 0.3) is 5.91 Å². The zero-order valence-electron chi connectivity index (χ0n) is 14.6. The molecule has 6 nitrogen and oxygen atoms in total. The van der Waals surface area contributed by atoms with Crippen molar-refractivity contribution in [3.05, 3.63) is 45.0 Å². The fourth-order valence-electron chi connectivity index (χ4n) is 2.90. The number of rotatable bonds is 5. The van der Waals surface area contributed by atoms with E-state index in [4.69, 9.17) is 20.8 Å². The maximum atomic E-state index is 12.6. The maximum absolute atomic E-state index is 12.6. The Kier molecular flexibility index (Phi) is 6.34. The van der Waals surface area contributed by atoms with Gasteiger partial charge >= 0.3 is 5.97 Å². The Balaban J connectivity index is 1.53. The van der Waals surface area contributed by atoms with Crippen LogP contribution in [0.3, 0.4) is 0 Å². The number of amides is 1. The van der Waals surface area contributed by atoms with Crippen molar-refractivity contribution in [3.63, 3.8) is 0 Å². The molecule has 26 heavy (non-hydrogen) atoms. The predicted molar refractivity (Wildman–Crippen MR) is 99.3 cm³/mol. The highest BCUT2D eigenvalue weighted by molar-refractivity contribution is 7.12. The van der Waals surface area contributed by atoms with E-state index >= 15 is 0 Å². The van der Waals surface area contributed by atoms with Crippen molar-refractivity contribution in [2.45, 2.75) is 26.5 Å². The molecule has 0 atom stereocenters. The van der Waals surface area contributed by atoms with Crippen molar-refractivity contribution >= 4 is 34.8 Å². The van der Waals surface area contributed by atoms with Gasteiger partial charge in [0, 0.05) is 33.1 Å². The highest BCUT2D eigenvalue weighted by atomic mass is 35.5. The molecular weight excluding hydrogens is 376 g/mol. The highest BCUT2D eigenvalue weighted by Gasteiger charge is 2.23. The third kappa shape index (κ3) is 4.87. The largest absolute Gasteiger partial charge is 0.461 e. The first-order valence-electron chi connectivity index (χ1n) is 8.48. The van der Waals surface area contributed by atoms with E-state index in [0.29, 0.717) is 28.7 Å². The van der Waals surface area contributed by atoms with E-state index in [0.717, 1.165) is 31.8 Å². The summed E-state index contributed by atoms with van der Waals surface area (Å²) in [5, 5.41) is 2.36. The van der Waals surface area contributed by atoms with Gasteiger partial charge in [0.2, 0.25) is 0 Å². The summed E-state index contributed by atoms with van der Waals surface area (Å²) >= 11 is 7.47. The number of furan rings is 1. The topological polar surface area (TPSA) is 63.0 Å². The zero-order valence-corrected chi connectivity index (χ0v) is 16.1. The lowest BCUT2D eigenvalue weighted by molar-refractivity contribution is -0.142. The standard InChI is InChI=1S/C18H21ClN2O4S/c1-13(22)24-12-15-4-3-14(25-15)11-20-6-2-7-21(9-8-20)18(23)17-16(19)5-10-26-17/h3-5,10H,2,6-9,11-12H2,1H3. The van der Waals surface area contributed by atoms with Crippen molar-refractivity contribution in [1.29, 1.82) is 0 Å². The fraction of sp³-hybridized carbons (Fsp3) is 0.444. The van der Waals surface area contributed by atoms with Crippen LogP contribution in [-0.2, 0) is 22.7 Å². The van der Waals surface area contributed by atoms with E-state index in [9.17, 15) is 9.59 Å². The second-order valence-electron chi connectivity index (χ2n) is 6.17. The molecule has 1 aliphatic rings. The van der Waals surface area contributed by atoms with Crippen LogP contribution in [0.2, 0.25) is 5.02 Å². The average Bonchev–Trinajstić information content (AvgIpc) is 3.16. The van der Waals surface area contributed by atoms with Crippen molar-refractivity contribution in [1.82, 2.24) is 9.80 Å². The van der Waals surface area contributed by atoms with Crippen LogP contribution in [0.5, 0.6) is 0 Å². The molecule has 0 bridgehead atoms. The summed E-state index contributed by atoms with van der Waals surface area (Å²) in [5.74, 6) is 1.14. The van der Waals surface area contributed by atoms with E-state index in [1.54, 1.807) is 6.07 Å². The number of carbonyl (C=O) groups is 2. The van der Waals surface area contributed by atoms with Gasteiger partial charge in [-0.05, 0) is 30.0 Å². The number of ether oxygens (including phenoxy) is 1. The summed E-state index contributed by atoms with van der Waals surface area (Å²) in [6.45, 7) is 5.24. The second-order valence-corrected chi connectivity index (χ2v) is 7.49. The lowest BCUT2D eigenvalue weighted by atomic mass is 10.3. The summed E-state index contributed by atoms with van der Waals surface area (Å²) < 4.78 is 10.6. The molecule has 3 rings (SSSR count). The van der Waals surface area contributed by atoms with E-state index < -0.39 is 0 Å². The van der Waals surface area contributed by atoms with Crippen molar-refractivity contribution in [2.75, 3.05) is 26.2 Å². The van der Waals surface area contributed by atoms with Crippen molar-refractivity contribution < 1.29 is 18.7 Å². The van der Waals surface area contributed by atoms with Gasteiger partial charge < -0.3 is 14.1 Å². The zero-order chi connectivity index (χ0) is 18.5. The summed E-state index contributed by atoms with van der Waals surface area (Å²) in [5.41, 5.74) is 0. The molecule has 2 aromatic heterocycles. The molecule has 0 saturated carbocycles. The summed E-state index contributed by atoms with van der Waals surface area (Å²) in [7, 11) is 0. The van der Waals surface area contributed by atoms with Crippen LogP contribution in [0, 0.1) is 0 Å². The fourth-order valence-corrected chi connectivity index (χ4v) is 4.00. The molecule has 0 N–H and O–H groups in total. The molecule has 1 aliphatic heterocycles. The van der Waals surface area contributed by atoms with Gasteiger partial charge in [-0.25, -0.2) is 0 Å². The number of thiophene rings is 1. The molecule has 1 saturated heterocycles. The van der Waals surface area contributed by atoms with Gasteiger partial charge in [-0.15, -0.1) is 11.3 Å². The minimum Gasteiger partial charge on any atom is -0.461 e. The van der Waals surface area contributed by atoms with Crippen LogP contribution >= 0.6 is 22.9 Å². The van der Waals surface area contributed by atoms with E-state index in [-0.39, 0.29) is 18.5 Å².